The van der Waals surface area contributed by atoms with Crippen LogP contribution in [0.4, 0.5) is 0 Å². The van der Waals surface area contributed by atoms with Gasteiger partial charge in [0.25, 0.3) is 0 Å². The highest BCUT2D eigenvalue weighted by Gasteiger charge is 2.43. The Morgan fingerprint density at radius 2 is 2.12 bits per heavy atom. The molecule has 2 saturated heterocycles. The topological polar surface area (TPSA) is 66.8 Å². The van der Waals surface area contributed by atoms with E-state index in [4.69, 9.17) is 9.84 Å². The number of hydrogen-bond donors (Lipinski definition) is 1. The van der Waals surface area contributed by atoms with Gasteiger partial charge in [-0.25, -0.2) is 4.79 Å². The number of carbonyl (C=O) groups is 2. The third-order valence-corrected chi connectivity index (χ3v) is 4.53. The molecule has 0 aromatic rings. The Labute approximate surface area is 104 Å². The van der Waals surface area contributed by atoms with Gasteiger partial charge in [0.1, 0.15) is 6.04 Å². The summed E-state index contributed by atoms with van der Waals surface area (Å²) in [4.78, 5) is 24.9. The van der Waals surface area contributed by atoms with Crippen molar-refractivity contribution >= 4 is 23.6 Å². The van der Waals surface area contributed by atoms with Gasteiger partial charge in [-0.2, -0.15) is 0 Å². The van der Waals surface area contributed by atoms with Gasteiger partial charge in [0, 0.05) is 5.75 Å². The summed E-state index contributed by atoms with van der Waals surface area (Å²) in [6.45, 7) is 4.23. The van der Waals surface area contributed by atoms with Crippen LogP contribution in [0.15, 0.2) is 0 Å². The third-order valence-electron chi connectivity index (χ3n) is 3.31. The van der Waals surface area contributed by atoms with E-state index in [0.717, 1.165) is 0 Å². The molecule has 2 rings (SSSR count). The molecule has 2 fully saturated rings. The van der Waals surface area contributed by atoms with Gasteiger partial charge in [0.05, 0.1) is 24.0 Å². The van der Waals surface area contributed by atoms with Crippen molar-refractivity contribution < 1.29 is 19.4 Å². The zero-order chi connectivity index (χ0) is 12.6. The normalized spacial score (nSPS) is 37.4. The van der Waals surface area contributed by atoms with Crippen molar-refractivity contribution in [1.29, 1.82) is 0 Å². The molecule has 2 aliphatic rings. The quantitative estimate of drug-likeness (QED) is 0.794. The van der Waals surface area contributed by atoms with Gasteiger partial charge in [-0.3, -0.25) is 4.79 Å². The van der Waals surface area contributed by atoms with Crippen LogP contribution in [0.2, 0.25) is 0 Å². The van der Waals surface area contributed by atoms with Gasteiger partial charge in [0.15, 0.2) is 0 Å². The SMILES string of the molecule is CC1CC(C(=O)N2C(C)SCC2C(=O)O)CO1. The molecule has 96 valence electrons. The average molecular weight is 259 g/mol. The monoisotopic (exact) mass is 259 g/mol. The van der Waals surface area contributed by atoms with Crippen molar-refractivity contribution in [3.63, 3.8) is 0 Å². The van der Waals surface area contributed by atoms with E-state index in [1.165, 1.54) is 16.7 Å². The van der Waals surface area contributed by atoms with Crippen molar-refractivity contribution in [3.05, 3.63) is 0 Å². The van der Waals surface area contributed by atoms with E-state index in [9.17, 15) is 9.59 Å². The Balaban J connectivity index is 2.09. The van der Waals surface area contributed by atoms with Gasteiger partial charge < -0.3 is 14.7 Å². The summed E-state index contributed by atoms with van der Waals surface area (Å²) in [5.74, 6) is -0.680. The van der Waals surface area contributed by atoms with E-state index in [-0.39, 0.29) is 23.3 Å². The summed E-state index contributed by atoms with van der Waals surface area (Å²) in [7, 11) is 0. The highest BCUT2D eigenvalue weighted by molar-refractivity contribution is 8.00. The minimum absolute atomic E-state index is 0.0560. The number of carbonyl (C=O) groups excluding carboxylic acids is 1. The number of carboxylic acids is 1. The second kappa shape index (κ2) is 4.86. The first-order chi connectivity index (χ1) is 8.00. The first-order valence-corrected chi connectivity index (χ1v) is 6.83. The molecule has 17 heavy (non-hydrogen) atoms. The average Bonchev–Trinajstić information content (AvgIpc) is 2.83. The number of amides is 1. The lowest BCUT2D eigenvalue weighted by atomic mass is 10.0. The predicted molar refractivity (Wildman–Crippen MR) is 63.7 cm³/mol. The molecule has 0 aromatic carbocycles. The lowest BCUT2D eigenvalue weighted by Crippen LogP contribution is -2.47. The second-order valence-electron chi connectivity index (χ2n) is 4.61. The molecular weight excluding hydrogens is 242 g/mol. The standard InChI is InChI=1S/C11H17NO4S/c1-6-3-8(4-16-6)10(13)12-7(2)17-5-9(12)11(14)15/h6-9H,3-5H2,1-2H3,(H,14,15). The molecule has 6 heteroatoms. The summed E-state index contributed by atoms with van der Waals surface area (Å²) in [5, 5.41) is 9.05. The largest absolute Gasteiger partial charge is 0.480 e. The zero-order valence-electron chi connectivity index (χ0n) is 9.96. The Morgan fingerprint density at radius 1 is 1.41 bits per heavy atom. The number of rotatable bonds is 2. The van der Waals surface area contributed by atoms with Crippen LogP contribution < -0.4 is 0 Å². The number of aliphatic carboxylic acids is 1. The van der Waals surface area contributed by atoms with Crippen LogP contribution in [0.3, 0.4) is 0 Å². The summed E-state index contributed by atoms with van der Waals surface area (Å²) < 4.78 is 5.38. The van der Waals surface area contributed by atoms with Crippen LogP contribution in [0, 0.1) is 5.92 Å². The maximum atomic E-state index is 12.3. The van der Waals surface area contributed by atoms with Gasteiger partial charge in [-0.05, 0) is 20.3 Å². The number of hydrogen-bond acceptors (Lipinski definition) is 4. The van der Waals surface area contributed by atoms with Crippen molar-refractivity contribution in [2.45, 2.75) is 37.8 Å². The predicted octanol–water partition coefficient (Wildman–Crippen LogP) is 0.786. The first kappa shape index (κ1) is 12.7. The first-order valence-electron chi connectivity index (χ1n) is 5.79. The van der Waals surface area contributed by atoms with Crippen molar-refractivity contribution in [2.24, 2.45) is 5.92 Å². The minimum atomic E-state index is -0.915. The Morgan fingerprint density at radius 3 is 2.65 bits per heavy atom. The van der Waals surface area contributed by atoms with Crippen LogP contribution in [0.25, 0.3) is 0 Å². The molecule has 0 bridgehead atoms. The van der Waals surface area contributed by atoms with E-state index in [2.05, 4.69) is 0 Å². The van der Waals surface area contributed by atoms with Crippen LogP contribution in [-0.4, -0.2) is 51.8 Å². The van der Waals surface area contributed by atoms with E-state index >= 15 is 0 Å². The van der Waals surface area contributed by atoms with Crippen LogP contribution in [0.1, 0.15) is 20.3 Å². The highest BCUT2D eigenvalue weighted by Crippen LogP contribution is 2.32. The maximum absolute atomic E-state index is 12.3. The Kier molecular flexibility index (Phi) is 3.63. The Bertz CT molecular complexity index is 335. The highest BCUT2D eigenvalue weighted by atomic mass is 32.2. The molecule has 0 aliphatic carbocycles. The molecule has 0 radical (unpaired) electrons. The van der Waals surface area contributed by atoms with Gasteiger partial charge in [-0.1, -0.05) is 0 Å². The number of ether oxygens (including phenoxy) is 1. The zero-order valence-corrected chi connectivity index (χ0v) is 10.8. The van der Waals surface area contributed by atoms with Gasteiger partial charge in [0.2, 0.25) is 5.91 Å². The minimum Gasteiger partial charge on any atom is -0.480 e. The van der Waals surface area contributed by atoms with E-state index in [0.29, 0.717) is 18.8 Å². The fraction of sp³-hybridized carbons (Fsp3) is 0.818. The molecule has 1 amide bonds. The van der Waals surface area contributed by atoms with Crippen LogP contribution in [0.5, 0.6) is 0 Å². The van der Waals surface area contributed by atoms with E-state index < -0.39 is 12.0 Å². The van der Waals surface area contributed by atoms with Crippen molar-refractivity contribution in [3.8, 4) is 0 Å². The molecule has 5 nitrogen and oxygen atoms in total. The lowest BCUT2D eigenvalue weighted by Gasteiger charge is -2.27. The fourth-order valence-corrected chi connectivity index (χ4v) is 3.54. The number of nitrogens with zero attached hydrogens (tertiary/aromatic N) is 1. The smallest absolute Gasteiger partial charge is 0.327 e. The van der Waals surface area contributed by atoms with Gasteiger partial charge in [-0.15, -0.1) is 11.8 Å². The molecule has 0 spiro atoms. The molecule has 1 N–H and O–H groups in total. The van der Waals surface area contributed by atoms with E-state index in [1.807, 2.05) is 13.8 Å². The molecule has 2 heterocycles. The van der Waals surface area contributed by atoms with Crippen molar-refractivity contribution in [1.82, 2.24) is 4.90 Å². The van der Waals surface area contributed by atoms with Crippen LogP contribution >= 0.6 is 11.8 Å². The molecule has 4 atom stereocenters. The van der Waals surface area contributed by atoms with Crippen LogP contribution in [-0.2, 0) is 14.3 Å². The van der Waals surface area contributed by atoms with Gasteiger partial charge >= 0.3 is 5.97 Å². The maximum Gasteiger partial charge on any atom is 0.327 e. The fourth-order valence-electron chi connectivity index (χ4n) is 2.37. The molecule has 0 aromatic heterocycles. The van der Waals surface area contributed by atoms with E-state index in [1.54, 1.807) is 0 Å². The second-order valence-corrected chi connectivity index (χ2v) is 5.96. The summed E-state index contributed by atoms with van der Waals surface area (Å²) in [6, 6.07) is -0.682. The molecular formula is C11H17NO4S. The van der Waals surface area contributed by atoms with Crippen molar-refractivity contribution in [2.75, 3.05) is 12.4 Å². The molecule has 0 saturated carbocycles. The molecule has 4 unspecified atom stereocenters. The third kappa shape index (κ3) is 2.42. The summed E-state index contributed by atoms with van der Waals surface area (Å²) in [5.41, 5.74) is 0. The molecule has 2 aliphatic heterocycles. The number of carboxylic acid groups (broad SMARTS) is 1. The summed E-state index contributed by atoms with van der Waals surface area (Å²) >= 11 is 1.51. The number of thioether (sulfide) groups is 1. The summed E-state index contributed by atoms with van der Waals surface area (Å²) in [6.07, 6.45) is 0.789. The Hall–Kier alpha value is -0.750. The lowest BCUT2D eigenvalue weighted by molar-refractivity contribution is -0.150.